The fraction of sp³-hybridized carbons (Fsp3) is 0. The van der Waals surface area contributed by atoms with Crippen LogP contribution in [0.15, 0.2) is 36.4 Å². The van der Waals surface area contributed by atoms with Crippen LogP contribution in [0.25, 0.3) is 10.8 Å². The number of aromatic carboxylic acids is 1. The average molecular weight is 225 g/mol. The summed E-state index contributed by atoms with van der Waals surface area (Å²) in [5.41, 5.74) is 0.253. The van der Waals surface area contributed by atoms with Crippen molar-refractivity contribution < 1.29 is 15.0 Å². The number of carboxylic acid groups (broad SMARTS) is 1. The number of hydrogen-bond acceptors (Lipinski definition) is 2. The van der Waals surface area contributed by atoms with E-state index in [0.29, 0.717) is 0 Å². The molecule has 0 aromatic heterocycles. The summed E-state index contributed by atoms with van der Waals surface area (Å²) < 4.78 is 0. The second-order valence-electron chi connectivity index (χ2n) is 3.05. The number of phenolic OH excluding ortho intramolecular Hbond substituents is 1. The van der Waals surface area contributed by atoms with E-state index < -0.39 is 5.97 Å². The van der Waals surface area contributed by atoms with Crippen molar-refractivity contribution in [2.24, 2.45) is 0 Å². The molecule has 78 valence electrons. The highest BCUT2D eigenvalue weighted by Gasteiger charge is 2.03. The third-order valence-corrected chi connectivity index (χ3v) is 2.07. The molecule has 2 N–H and O–H groups in total. The lowest BCUT2D eigenvalue weighted by Gasteiger charge is -2.00. The molecule has 0 aliphatic heterocycles. The molecule has 15 heavy (non-hydrogen) atoms. The van der Waals surface area contributed by atoms with Gasteiger partial charge in [-0.05, 0) is 35.0 Å². The molecule has 3 nitrogen and oxygen atoms in total. The van der Waals surface area contributed by atoms with Gasteiger partial charge in [0, 0.05) is 0 Å². The Bertz CT molecular complexity index is 508. The molecule has 0 radical (unpaired) electrons. The number of carboxylic acids is 1. The van der Waals surface area contributed by atoms with Crippen molar-refractivity contribution in [2.45, 2.75) is 0 Å². The largest absolute Gasteiger partial charge is 0.508 e. The number of aromatic hydroxyl groups is 1. The number of hydrogen-bond donors (Lipinski definition) is 2. The number of phenols is 1. The summed E-state index contributed by atoms with van der Waals surface area (Å²) in [6.45, 7) is 0. The van der Waals surface area contributed by atoms with E-state index >= 15 is 0 Å². The number of fused-ring (bicyclic) bond motifs is 1. The highest BCUT2D eigenvalue weighted by Crippen LogP contribution is 2.20. The van der Waals surface area contributed by atoms with E-state index in [1.54, 1.807) is 24.3 Å². The summed E-state index contributed by atoms with van der Waals surface area (Å²) in [7, 11) is 0. The first-order chi connectivity index (χ1) is 6.66. The predicted octanol–water partition coefficient (Wildman–Crippen LogP) is 2.67. The molecular formula is C11H9ClO3. The monoisotopic (exact) mass is 224 g/mol. The maximum absolute atomic E-state index is 10.7. The second kappa shape index (κ2) is 4.19. The van der Waals surface area contributed by atoms with Gasteiger partial charge in [0.05, 0.1) is 5.56 Å². The van der Waals surface area contributed by atoms with E-state index in [0.717, 1.165) is 10.8 Å². The summed E-state index contributed by atoms with van der Waals surface area (Å²) in [6, 6.07) is 9.60. The van der Waals surface area contributed by atoms with Crippen molar-refractivity contribution in [3.63, 3.8) is 0 Å². The number of benzene rings is 2. The van der Waals surface area contributed by atoms with Crippen molar-refractivity contribution >= 4 is 29.1 Å². The van der Waals surface area contributed by atoms with Crippen molar-refractivity contribution in [2.75, 3.05) is 0 Å². The van der Waals surface area contributed by atoms with E-state index in [-0.39, 0.29) is 23.7 Å². The van der Waals surface area contributed by atoms with Crippen LogP contribution in [0, 0.1) is 0 Å². The third kappa shape index (κ3) is 2.19. The summed E-state index contributed by atoms with van der Waals surface area (Å²) >= 11 is 0. The lowest BCUT2D eigenvalue weighted by Crippen LogP contribution is -1.94. The van der Waals surface area contributed by atoms with Crippen LogP contribution in [-0.4, -0.2) is 16.2 Å². The van der Waals surface area contributed by atoms with Gasteiger partial charge < -0.3 is 10.2 Å². The van der Waals surface area contributed by atoms with E-state index in [2.05, 4.69) is 0 Å². The lowest BCUT2D eigenvalue weighted by molar-refractivity contribution is 0.0697. The molecular weight excluding hydrogens is 216 g/mol. The van der Waals surface area contributed by atoms with Gasteiger partial charge in [-0.25, -0.2) is 4.79 Å². The van der Waals surface area contributed by atoms with Gasteiger partial charge in [-0.3, -0.25) is 0 Å². The minimum atomic E-state index is -0.944. The summed E-state index contributed by atoms with van der Waals surface area (Å²) in [4.78, 5) is 10.7. The predicted molar refractivity (Wildman–Crippen MR) is 59.8 cm³/mol. The van der Waals surface area contributed by atoms with Gasteiger partial charge in [0.2, 0.25) is 0 Å². The first-order valence-corrected chi connectivity index (χ1v) is 4.13. The maximum Gasteiger partial charge on any atom is 0.335 e. The van der Waals surface area contributed by atoms with Crippen LogP contribution < -0.4 is 0 Å². The Balaban J connectivity index is 0.00000112. The van der Waals surface area contributed by atoms with Crippen molar-refractivity contribution in [1.82, 2.24) is 0 Å². The van der Waals surface area contributed by atoms with Crippen LogP contribution in [0.5, 0.6) is 5.75 Å². The van der Waals surface area contributed by atoms with E-state index in [9.17, 15) is 9.90 Å². The van der Waals surface area contributed by atoms with Crippen molar-refractivity contribution in [3.05, 3.63) is 42.0 Å². The van der Waals surface area contributed by atoms with Gasteiger partial charge in [0.15, 0.2) is 0 Å². The number of carbonyl (C=O) groups is 1. The van der Waals surface area contributed by atoms with Gasteiger partial charge in [-0.2, -0.15) is 0 Å². The Morgan fingerprint density at radius 2 is 1.60 bits per heavy atom. The number of halogens is 1. The third-order valence-electron chi connectivity index (χ3n) is 2.07. The molecule has 0 aliphatic carbocycles. The topological polar surface area (TPSA) is 57.5 Å². The van der Waals surface area contributed by atoms with Crippen molar-refractivity contribution in [1.29, 1.82) is 0 Å². The van der Waals surface area contributed by atoms with E-state index in [1.807, 2.05) is 0 Å². The zero-order chi connectivity index (χ0) is 10.1. The van der Waals surface area contributed by atoms with Crippen LogP contribution in [0.3, 0.4) is 0 Å². The molecule has 0 bridgehead atoms. The van der Waals surface area contributed by atoms with Gasteiger partial charge in [0.25, 0.3) is 0 Å². The molecule has 0 atom stereocenters. The SMILES string of the molecule is Cl.O=C(O)c1ccc2cc(O)ccc2c1. The molecule has 0 unspecified atom stereocenters. The zero-order valence-electron chi connectivity index (χ0n) is 7.68. The van der Waals surface area contributed by atoms with E-state index in [4.69, 9.17) is 5.11 Å². The summed E-state index contributed by atoms with van der Waals surface area (Å²) in [6.07, 6.45) is 0. The minimum absolute atomic E-state index is 0. The molecule has 0 fully saturated rings. The second-order valence-corrected chi connectivity index (χ2v) is 3.05. The smallest absolute Gasteiger partial charge is 0.335 e. The Labute approximate surface area is 92.4 Å². The summed E-state index contributed by atoms with van der Waals surface area (Å²) in [5.74, 6) is -0.763. The molecule has 0 saturated heterocycles. The van der Waals surface area contributed by atoms with Crippen LogP contribution in [0.1, 0.15) is 10.4 Å². The molecule has 2 rings (SSSR count). The molecule has 0 amide bonds. The molecule has 2 aromatic carbocycles. The molecule has 4 heteroatoms. The lowest BCUT2D eigenvalue weighted by atomic mass is 10.1. The molecule has 2 aromatic rings. The van der Waals surface area contributed by atoms with Gasteiger partial charge in [-0.1, -0.05) is 12.1 Å². The first-order valence-electron chi connectivity index (χ1n) is 4.13. The minimum Gasteiger partial charge on any atom is -0.508 e. The normalized spacial score (nSPS) is 9.60. The maximum atomic E-state index is 10.7. The zero-order valence-corrected chi connectivity index (χ0v) is 8.49. The van der Waals surface area contributed by atoms with E-state index in [1.165, 1.54) is 12.1 Å². The first kappa shape index (κ1) is 11.3. The molecule has 0 aliphatic rings. The quantitative estimate of drug-likeness (QED) is 0.783. The average Bonchev–Trinajstić information content (AvgIpc) is 2.16. The number of rotatable bonds is 1. The highest BCUT2D eigenvalue weighted by atomic mass is 35.5. The van der Waals surface area contributed by atoms with Crippen LogP contribution in [-0.2, 0) is 0 Å². The van der Waals surface area contributed by atoms with Crippen LogP contribution in [0.4, 0.5) is 0 Å². The van der Waals surface area contributed by atoms with Gasteiger partial charge >= 0.3 is 5.97 Å². The fourth-order valence-electron chi connectivity index (χ4n) is 1.37. The Hall–Kier alpha value is -1.74. The Kier molecular flexibility index (Phi) is 3.17. The Morgan fingerprint density at radius 1 is 1.00 bits per heavy atom. The molecule has 0 saturated carbocycles. The Morgan fingerprint density at radius 3 is 2.27 bits per heavy atom. The fourth-order valence-corrected chi connectivity index (χ4v) is 1.37. The summed E-state index contributed by atoms with van der Waals surface area (Å²) in [5, 5.41) is 19.6. The molecule has 0 heterocycles. The van der Waals surface area contributed by atoms with Crippen LogP contribution in [0.2, 0.25) is 0 Å². The van der Waals surface area contributed by atoms with Gasteiger partial charge in [-0.15, -0.1) is 12.4 Å². The standard InChI is InChI=1S/C11H8O3.ClH/c12-10-4-3-7-5-9(11(13)14)2-1-8(7)6-10;/h1-6,12H,(H,13,14);1H. The highest BCUT2D eigenvalue weighted by molar-refractivity contribution is 5.94. The molecule has 0 spiro atoms. The van der Waals surface area contributed by atoms with Crippen LogP contribution >= 0.6 is 12.4 Å². The van der Waals surface area contributed by atoms with Crippen molar-refractivity contribution in [3.8, 4) is 5.75 Å². The van der Waals surface area contributed by atoms with Gasteiger partial charge in [0.1, 0.15) is 5.75 Å².